The molecule has 0 saturated carbocycles. The van der Waals surface area contributed by atoms with E-state index < -0.39 is 23.8 Å². The molecule has 0 heterocycles. The molecule has 0 N–H and O–H groups in total. The van der Waals surface area contributed by atoms with E-state index in [0.717, 1.165) is 16.7 Å². The van der Waals surface area contributed by atoms with E-state index in [1.54, 1.807) is 72.8 Å². The molecule has 0 amide bonds. The Morgan fingerprint density at radius 3 is 1.00 bits per heavy atom. The Hall–Kier alpha value is -3.93. The third kappa shape index (κ3) is 6.82. The first-order valence-electron chi connectivity index (χ1n) is 9.75. The highest BCUT2D eigenvalue weighted by molar-refractivity contribution is 6.12. The van der Waals surface area contributed by atoms with Crippen LogP contribution < -0.4 is 0 Å². The van der Waals surface area contributed by atoms with Gasteiger partial charge in [-0.25, -0.2) is 0 Å². The van der Waals surface area contributed by atoms with Gasteiger partial charge in [-0.3, -0.25) is 14.4 Å². The summed E-state index contributed by atoms with van der Waals surface area (Å²) in [5, 5.41) is 0. The molecule has 0 spiro atoms. The second-order valence-corrected chi connectivity index (χ2v) is 6.71. The third-order valence-corrected chi connectivity index (χ3v) is 4.38. The summed E-state index contributed by atoms with van der Waals surface area (Å²) < 4.78 is 15.6. The monoisotopic (exact) mass is 418 g/mol. The van der Waals surface area contributed by atoms with Crippen LogP contribution in [-0.4, -0.2) is 17.9 Å². The fourth-order valence-electron chi connectivity index (χ4n) is 2.72. The normalized spacial score (nSPS) is 10.4. The maximum atomic E-state index is 12.6. The first kappa shape index (κ1) is 21.8. The minimum Gasteiger partial charge on any atom is -0.460 e. The molecular weight excluding hydrogens is 396 g/mol. The molecule has 0 fully saturated rings. The zero-order chi connectivity index (χ0) is 21.9. The molecular formula is C25H22O6. The van der Waals surface area contributed by atoms with Crippen LogP contribution in [0.5, 0.6) is 0 Å². The second kappa shape index (κ2) is 11.3. The van der Waals surface area contributed by atoms with E-state index >= 15 is 0 Å². The molecule has 158 valence electrons. The van der Waals surface area contributed by atoms with Gasteiger partial charge in [0.05, 0.1) is 0 Å². The minimum atomic E-state index is -1.82. The number of carbonyl (C=O) groups is 3. The lowest BCUT2D eigenvalue weighted by atomic mass is 10.1. The van der Waals surface area contributed by atoms with Gasteiger partial charge in [0.2, 0.25) is 0 Å². The van der Waals surface area contributed by atoms with Gasteiger partial charge in [0.25, 0.3) is 5.92 Å². The summed E-state index contributed by atoms with van der Waals surface area (Å²) in [5.41, 5.74) is 2.18. The summed E-state index contributed by atoms with van der Waals surface area (Å²) in [4.78, 5) is 37.8. The van der Waals surface area contributed by atoms with Gasteiger partial charge in [0.1, 0.15) is 19.8 Å². The number of hydrogen-bond acceptors (Lipinski definition) is 6. The predicted octanol–water partition coefficient (Wildman–Crippen LogP) is 3.83. The Bertz CT molecular complexity index is 854. The third-order valence-electron chi connectivity index (χ3n) is 4.38. The molecule has 0 unspecified atom stereocenters. The van der Waals surface area contributed by atoms with Crippen LogP contribution in [0.4, 0.5) is 0 Å². The van der Waals surface area contributed by atoms with E-state index in [0.29, 0.717) is 0 Å². The quantitative estimate of drug-likeness (QED) is 0.299. The maximum Gasteiger partial charge on any atom is 0.332 e. The number of hydrogen-bond donors (Lipinski definition) is 0. The average molecular weight is 418 g/mol. The van der Waals surface area contributed by atoms with Gasteiger partial charge in [0.15, 0.2) is 0 Å². The number of benzene rings is 3. The molecule has 0 saturated heterocycles. The zero-order valence-electron chi connectivity index (χ0n) is 16.8. The van der Waals surface area contributed by atoms with Crippen LogP contribution in [-0.2, 0) is 48.4 Å². The molecule has 31 heavy (non-hydrogen) atoms. The summed E-state index contributed by atoms with van der Waals surface area (Å²) in [7, 11) is 0. The standard InChI is InChI=1S/C25H22O6/c26-23(29-16-19-10-4-1-5-11-19)22(24(27)30-17-20-12-6-2-7-13-20)25(28)31-18-21-14-8-3-9-15-21/h1-15,22H,16-18H2. The Kier molecular flexibility index (Phi) is 7.94. The van der Waals surface area contributed by atoms with Crippen LogP contribution in [0.2, 0.25) is 0 Å². The minimum absolute atomic E-state index is 0.0753. The van der Waals surface area contributed by atoms with Crippen LogP contribution in [0.25, 0.3) is 0 Å². The van der Waals surface area contributed by atoms with Gasteiger partial charge in [-0.05, 0) is 16.7 Å². The molecule has 0 bridgehead atoms. The van der Waals surface area contributed by atoms with Crippen LogP contribution in [0, 0.1) is 5.92 Å². The topological polar surface area (TPSA) is 78.9 Å². The molecule has 6 nitrogen and oxygen atoms in total. The number of rotatable bonds is 9. The highest BCUT2D eigenvalue weighted by Gasteiger charge is 2.39. The van der Waals surface area contributed by atoms with Crippen molar-refractivity contribution in [2.75, 3.05) is 0 Å². The SMILES string of the molecule is O=C(OCc1ccccc1)C(C(=O)OCc1ccccc1)C(=O)OCc1ccccc1. The molecule has 0 aliphatic heterocycles. The molecule has 0 aromatic heterocycles. The molecule has 6 heteroatoms. The van der Waals surface area contributed by atoms with Crippen molar-refractivity contribution in [1.82, 2.24) is 0 Å². The van der Waals surface area contributed by atoms with Crippen molar-refractivity contribution < 1.29 is 28.6 Å². The van der Waals surface area contributed by atoms with Gasteiger partial charge >= 0.3 is 17.9 Å². The fourth-order valence-corrected chi connectivity index (χ4v) is 2.72. The molecule has 3 rings (SSSR count). The molecule has 0 atom stereocenters. The maximum absolute atomic E-state index is 12.6. The Balaban J connectivity index is 1.66. The largest absolute Gasteiger partial charge is 0.460 e. The van der Waals surface area contributed by atoms with Crippen LogP contribution in [0.15, 0.2) is 91.0 Å². The molecule has 3 aromatic rings. The van der Waals surface area contributed by atoms with E-state index in [-0.39, 0.29) is 19.8 Å². The smallest absolute Gasteiger partial charge is 0.332 e. The second-order valence-electron chi connectivity index (χ2n) is 6.71. The van der Waals surface area contributed by atoms with Crippen molar-refractivity contribution in [1.29, 1.82) is 0 Å². The number of ether oxygens (including phenoxy) is 3. The average Bonchev–Trinajstić information content (AvgIpc) is 2.82. The summed E-state index contributed by atoms with van der Waals surface area (Å²) in [6.45, 7) is -0.226. The first-order chi connectivity index (χ1) is 15.1. The fraction of sp³-hybridized carbons (Fsp3) is 0.160. The molecule has 0 aliphatic rings. The van der Waals surface area contributed by atoms with Gasteiger partial charge in [-0.15, -0.1) is 0 Å². The van der Waals surface area contributed by atoms with Crippen molar-refractivity contribution in [2.45, 2.75) is 19.8 Å². The molecule has 0 radical (unpaired) electrons. The predicted molar refractivity (Wildman–Crippen MR) is 112 cm³/mol. The lowest BCUT2D eigenvalue weighted by molar-refractivity contribution is -0.174. The number of esters is 3. The Morgan fingerprint density at radius 1 is 0.484 bits per heavy atom. The van der Waals surface area contributed by atoms with Gasteiger partial charge in [-0.2, -0.15) is 0 Å². The Labute approximate surface area is 180 Å². The highest BCUT2D eigenvalue weighted by Crippen LogP contribution is 2.13. The Morgan fingerprint density at radius 2 is 0.742 bits per heavy atom. The van der Waals surface area contributed by atoms with E-state index in [4.69, 9.17) is 14.2 Å². The summed E-state index contributed by atoms with van der Waals surface area (Å²) in [5.74, 6) is -4.86. The van der Waals surface area contributed by atoms with Gasteiger partial charge in [0, 0.05) is 0 Å². The zero-order valence-corrected chi connectivity index (χ0v) is 16.8. The molecule has 0 aliphatic carbocycles. The van der Waals surface area contributed by atoms with Crippen molar-refractivity contribution in [3.05, 3.63) is 108 Å². The van der Waals surface area contributed by atoms with Crippen LogP contribution in [0.3, 0.4) is 0 Å². The highest BCUT2D eigenvalue weighted by atomic mass is 16.6. The van der Waals surface area contributed by atoms with Crippen LogP contribution in [0.1, 0.15) is 16.7 Å². The first-order valence-corrected chi connectivity index (χ1v) is 9.75. The van der Waals surface area contributed by atoms with Crippen molar-refractivity contribution >= 4 is 17.9 Å². The summed E-state index contributed by atoms with van der Waals surface area (Å²) in [6, 6.07) is 26.9. The number of carbonyl (C=O) groups excluding carboxylic acids is 3. The van der Waals surface area contributed by atoms with E-state index in [9.17, 15) is 14.4 Å². The van der Waals surface area contributed by atoms with E-state index in [2.05, 4.69) is 0 Å². The summed E-state index contributed by atoms with van der Waals surface area (Å²) in [6.07, 6.45) is 0. The lowest BCUT2D eigenvalue weighted by Gasteiger charge is -2.15. The summed E-state index contributed by atoms with van der Waals surface area (Å²) >= 11 is 0. The van der Waals surface area contributed by atoms with Crippen molar-refractivity contribution in [3.63, 3.8) is 0 Å². The van der Waals surface area contributed by atoms with Crippen molar-refractivity contribution in [3.8, 4) is 0 Å². The van der Waals surface area contributed by atoms with Gasteiger partial charge in [-0.1, -0.05) is 91.0 Å². The molecule has 3 aromatic carbocycles. The lowest BCUT2D eigenvalue weighted by Crippen LogP contribution is -2.36. The van der Waals surface area contributed by atoms with Crippen molar-refractivity contribution in [2.24, 2.45) is 5.92 Å². The van der Waals surface area contributed by atoms with E-state index in [1.165, 1.54) is 0 Å². The van der Waals surface area contributed by atoms with Gasteiger partial charge < -0.3 is 14.2 Å². The van der Waals surface area contributed by atoms with Crippen LogP contribution >= 0.6 is 0 Å². The van der Waals surface area contributed by atoms with E-state index in [1.807, 2.05) is 18.2 Å².